The van der Waals surface area contributed by atoms with Gasteiger partial charge in [-0.2, -0.15) is 0 Å². The average Bonchev–Trinajstić information content (AvgIpc) is 3.23. The lowest BCUT2D eigenvalue weighted by atomic mass is 10.2. The average molecular weight is 461 g/mol. The molecule has 3 aromatic rings. The number of anilines is 1. The van der Waals surface area contributed by atoms with Crippen LogP contribution in [0.2, 0.25) is 5.02 Å². The Morgan fingerprint density at radius 3 is 2.77 bits per heavy atom. The number of nitrogens with zero attached hydrogens (tertiary/aromatic N) is 3. The molecular formula is C21H21ClN4O4S. The molecule has 31 heavy (non-hydrogen) atoms. The molecule has 1 unspecified atom stereocenters. The molecule has 1 atom stereocenters. The molecule has 0 bridgehead atoms. The zero-order valence-electron chi connectivity index (χ0n) is 17.2. The highest BCUT2D eigenvalue weighted by atomic mass is 35.5. The van der Waals surface area contributed by atoms with Crippen LogP contribution in [0.25, 0.3) is 5.69 Å². The van der Waals surface area contributed by atoms with Gasteiger partial charge in [0.1, 0.15) is 12.1 Å². The monoisotopic (exact) mass is 460 g/mol. The highest BCUT2D eigenvalue weighted by Crippen LogP contribution is 2.25. The van der Waals surface area contributed by atoms with Gasteiger partial charge in [0.15, 0.2) is 11.3 Å². The summed E-state index contributed by atoms with van der Waals surface area (Å²) in [6.45, 7) is 3.42. The molecule has 0 radical (unpaired) electrons. The van der Waals surface area contributed by atoms with Crippen LogP contribution < -0.4 is 10.1 Å². The summed E-state index contributed by atoms with van der Waals surface area (Å²) in [7, 11) is 1.51. The van der Waals surface area contributed by atoms with Gasteiger partial charge in [-0.1, -0.05) is 41.6 Å². The molecule has 1 heterocycles. The number of rotatable bonds is 8. The van der Waals surface area contributed by atoms with Crippen molar-refractivity contribution in [3.63, 3.8) is 0 Å². The van der Waals surface area contributed by atoms with Gasteiger partial charge in [0, 0.05) is 5.02 Å². The highest BCUT2D eigenvalue weighted by molar-refractivity contribution is 7.99. The molecule has 8 nitrogen and oxygen atoms in total. The molecule has 0 spiro atoms. The van der Waals surface area contributed by atoms with Crippen molar-refractivity contribution in [1.82, 2.24) is 14.8 Å². The van der Waals surface area contributed by atoms with Crippen LogP contribution in [0.3, 0.4) is 0 Å². The number of carbonyl (C=O) groups is 2. The molecule has 162 valence electrons. The lowest BCUT2D eigenvalue weighted by Gasteiger charge is -2.15. The lowest BCUT2D eigenvalue weighted by molar-refractivity contribution is -0.150. The van der Waals surface area contributed by atoms with Crippen molar-refractivity contribution in [2.45, 2.75) is 25.1 Å². The van der Waals surface area contributed by atoms with Crippen LogP contribution in [-0.4, -0.2) is 45.6 Å². The maximum Gasteiger partial charge on any atom is 0.317 e. The van der Waals surface area contributed by atoms with Crippen molar-refractivity contribution in [1.29, 1.82) is 0 Å². The van der Waals surface area contributed by atoms with Crippen LogP contribution in [-0.2, 0) is 14.3 Å². The van der Waals surface area contributed by atoms with E-state index in [-0.39, 0.29) is 5.75 Å². The molecule has 1 aromatic heterocycles. The first-order chi connectivity index (χ1) is 14.9. The van der Waals surface area contributed by atoms with E-state index in [9.17, 15) is 9.59 Å². The maximum absolute atomic E-state index is 12.4. The van der Waals surface area contributed by atoms with E-state index in [4.69, 9.17) is 21.1 Å². The predicted octanol–water partition coefficient (Wildman–Crippen LogP) is 3.90. The Bertz CT molecular complexity index is 1090. The standard InChI is InChI=1S/C21H21ClN4O4S/c1-13-8-9-15(10-16(13)22)26-12-23-25-21(26)31-11-19(27)30-14(2)20(28)24-17-6-4-5-7-18(17)29-3/h4-10,12,14H,11H2,1-3H3,(H,24,28). The van der Waals surface area contributed by atoms with E-state index < -0.39 is 18.0 Å². The summed E-state index contributed by atoms with van der Waals surface area (Å²) in [5.74, 6) is -0.533. The number of halogens is 1. The summed E-state index contributed by atoms with van der Waals surface area (Å²) in [4.78, 5) is 24.6. The summed E-state index contributed by atoms with van der Waals surface area (Å²) in [6.07, 6.45) is 0.560. The van der Waals surface area contributed by atoms with Crippen molar-refractivity contribution in [2.75, 3.05) is 18.2 Å². The zero-order valence-corrected chi connectivity index (χ0v) is 18.7. The first-order valence-electron chi connectivity index (χ1n) is 9.31. The van der Waals surface area contributed by atoms with Gasteiger partial charge in [-0.3, -0.25) is 14.2 Å². The SMILES string of the molecule is COc1ccccc1NC(=O)C(C)OC(=O)CSc1nncn1-c1ccc(C)c(Cl)c1. The summed E-state index contributed by atoms with van der Waals surface area (Å²) in [5, 5.41) is 11.8. The molecule has 1 N–H and O–H groups in total. The number of esters is 1. The Labute approximate surface area is 188 Å². The lowest BCUT2D eigenvalue weighted by Crippen LogP contribution is -2.30. The van der Waals surface area contributed by atoms with E-state index >= 15 is 0 Å². The Kier molecular flexibility index (Phi) is 7.54. The number of amides is 1. The number of hydrogen-bond donors (Lipinski definition) is 1. The van der Waals surface area contributed by atoms with Gasteiger partial charge in [-0.25, -0.2) is 0 Å². The largest absolute Gasteiger partial charge is 0.495 e. The number of aromatic nitrogens is 3. The Morgan fingerprint density at radius 1 is 1.26 bits per heavy atom. The molecule has 1 amide bonds. The third kappa shape index (κ3) is 5.77. The van der Waals surface area contributed by atoms with E-state index in [0.29, 0.717) is 21.6 Å². The van der Waals surface area contributed by atoms with Gasteiger partial charge in [0.05, 0.1) is 24.2 Å². The van der Waals surface area contributed by atoms with Crippen LogP contribution in [0.4, 0.5) is 5.69 Å². The molecule has 0 saturated carbocycles. The molecule has 0 aliphatic heterocycles. The molecule has 10 heteroatoms. The molecule has 0 aliphatic carbocycles. The summed E-state index contributed by atoms with van der Waals surface area (Å²) in [5.41, 5.74) is 2.23. The second-order valence-corrected chi connectivity index (χ2v) is 7.88. The first kappa shape index (κ1) is 22.6. The Balaban J connectivity index is 1.56. The molecule has 0 fully saturated rings. The minimum atomic E-state index is -0.980. The van der Waals surface area contributed by atoms with E-state index in [1.165, 1.54) is 20.4 Å². The number of aryl methyl sites for hydroxylation is 1. The van der Waals surface area contributed by atoms with Crippen molar-refractivity contribution in [2.24, 2.45) is 0 Å². The molecule has 0 saturated heterocycles. The van der Waals surface area contributed by atoms with Gasteiger partial charge in [-0.05, 0) is 43.7 Å². The van der Waals surface area contributed by atoms with Gasteiger partial charge < -0.3 is 14.8 Å². The smallest absolute Gasteiger partial charge is 0.317 e. The van der Waals surface area contributed by atoms with Gasteiger partial charge >= 0.3 is 5.97 Å². The van der Waals surface area contributed by atoms with Crippen molar-refractivity contribution in [3.05, 3.63) is 59.4 Å². The number of para-hydroxylation sites is 2. The fraction of sp³-hybridized carbons (Fsp3) is 0.238. The zero-order chi connectivity index (χ0) is 22.4. The van der Waals surface area contributed by atoms with Crippen LogP contribution >= 0.6 is 23.4 Å². The van der Waals surface area contributed by atoms with Crippen LogP contribution in [0.15, 0.2) is 53.9 Å². The molecular weight excluding hydrogens is 440 g/mol. The van der Waals surface area contributed by atoms with Gasteiger partial charge in [0.25, 0.3) is 5.91 Å². The summed E-state index contributed by atoms with van der Waals surface area (Å²) >= 11 is 7.34. The first-order valence-corrected chi connectivity index (χ1v) is 10.7. The number of hydrogen-bond acceptors (Lipinski definition) is 7. The summed E-state index contributed by atoms with van der Waals surface area (Å²) in [6, 6.07) is 12.6. The Morgan fingerprint density at radius 2 is 2.03 bits per heavy atom. The quantitative estimate of drug-likeness (QED) is 0.402. The number of carbonyl (C=O) groups excluding carboxylic acids is 2. The highest BCUT2D eigenvalue weighted by Gasteiger charge is 2.20. The topological polar surface area (TPSA) is 95.3 Å². The number of thioether (sulfide) groups is 1. The molecule has 0 aliphatic rings. The number of benzene rings is 2. The van der Waals surface area contributed by atoms with Crippen molar-refractivity contribution < 1.29 is 19.1 Å². The van der Waals surface area contributed by atoms with Gasteiger partial charge in [-0.15, -0.1) is 10.2 Å². The fourth-order valence-corrected chi connectivity index (χ4v) is 3.51. The third-order valence-corrected chi connectivity index (χ3v) is 5.64. The number of nitrogens with one attached hydrogen (secondary N) is 1. The molecule has 2 aromatic carbocycles. The van der Waals surface area contributed by atoms with Gasteiger partial charge in [0.2, 0.25) is 0 Å². The fourth-order valence-electron chi connectivity index (χ4n) is 2.62. The van der Waals surface area contributed by atoms with Crippen LogP contribution in [0.1, 0.15) is 12.5 Å². The van der Waals surface area contributed by atoms with E-state index in [2.05, 4.69) is 15.5 Å². The van der Waals surface area contributed by atoms with Crippen molar-refractivity contribution in [3.8, 4) is 11.4 Å². The van der Waals surface area contributed by atoms with Crippen LogP contribution in [0, 0.1) is 6.92 Å². The predicted molar refractivity (Wildman–Crippen MR) is 119 cm³/mol. The number of ether oxygens (including phenoxy) is 2. The number of methoxy groups -OCH3 is 1. The van der Waals surface area contributed by atoms with E-state index in [1.807, 2.05) is 19.1 Å². The second-order valence-electron chi connectivity index (χ2n) is 6.53. The third-order valence-electron chi connectivity index (χ3n) is 4.31. The van der Waals surface area contributed by atoms with Crippen LogP contribution in [0.5, 0.6) is 5.75 Å². The normalized spacial score (nSPS) is 11.6. The van der Waals surface area contributed by atoms with Crippen molar-refractivity contribution >= 4 is 40.9 Å². The summed E-state index contributed by atoms with van der Waals surface area (Å²) < 4.78 is 12.2. The van der Waals surface area contributed by atoms with E-state index in [0.717, 1.165) is 23.0 Å². The van der Waals surface area contributed by atoms with E-state index in [1.54, 1.807) is 34.9 Å². The minimum Gasteiger partial charge on any atom is -0.495 e. The molecule has 3 rings (SSSR count). The Hall–Kier alpha value is -3.04. The maximum atomic E-state index is 12.4. The minimum absolute atomic E-state index is 0.0371. The second kappa shape index (κ2) is 10.3.